The van der Waals surface area contributed by atoms with Crippen molar-refractivity contribution in [2.24, 2.45) is 0 Å². The molecular weight excluding hydrogens is 445 g/mol. The molecule has 9 heteroatoms. The zero-order valence-corrected chi connectivity index (χ0v) is 18.7. The standard InChI is InChI=1S/C21H21Cl2N3O3S/c1-2-3-17-11-27-21(29-17,12-26-20(30)24-13-25-26)18-9-8-16(10-19(18)23)28-15-6-4-14(22)5-7-15/h4-10,13,17H,2-3,11-12H2,1H3,(H,24,25,30). The number of ether oxygens (including phenoxy) is 3. The second kappa shape index (κ2) is 9.16. The Bertz CT molecular complexity index is 1010. The van der Waals surface area contributed by atoms with Gasteiger partial charge in [0, 0.05) is 10.6 Å². The van der Waals surface area contributed by atoms with E-state index in [2.05, 4.69) is 29.6 Å². The van der Waals surface area contributed by atoms with Crippen LogP contribution in [0.1, 0.15) is 25.3 Å². The van der Waals surface area contributed by atoms with Crippen molar-refractivity contribution in [3.63, 3.8) is 0 Å². The van der Waals surface area contributed by atoms with Crippen LogP contribution in [0.15, 0.2) is 53.9 Å². The summed E-state index contributed by atoms with van der Waals surface area (Å²) in [5.74, 6) is 0.178. The average molecular weight is 466 g/mol. The summed E-state index contributed by atoms with van der Waals surface area (Å²) in [6.45, 7) is 2.87. The van der Waals surface area contributed by atoms with E-state index in [1.54, 1.807) is 35.0 Å². The van der Waals surface area contributed by atoms with E-state index in [-0.39, 0.29) is 12.6 Å². The van der Waals surface area contributed by atoms with Gasteiger partial charge in [-0.05, 0) is 48.9 Å². The molecule has 2 unspecified atom stereocenters. The molecule has 0 spiro atoms. The van der Waals surface area contributed by atoms with E-state index in [9.17, 15) is 0 Å². The molecule has 3 aromatic rings. The number of halogens is 2. The first kappa shape index (κ1) is 21.5. The lowest BCUT2D eigenvalue weighted by Crippen LogP contribution is -2.34. The molecule has 0 bridgehead atoms. The van der Waals surface area contributed by atoms with Gasteiger partial charge in [0.15, 0.2) is 5.16 Å². The Morgan fingerprint density at radius 2 is 1.97 bits per heavy atom. The van der Waals surface area contributed by atoms with Crippen LogP contribution < -0.4 is 4.74 Å². The minimum absolute atomic E-state index is 0.0250. The van der Waals surface area contributed by atoms with E-state index < -0.39 is 5.79 Å². The highest BCUT2D eigenvalue weighted by molar-refractivity contribution is 7.80. The van der Waals surface area contributed by atoms with Crippen molar-refractivity contribution in [1.82, 2.24) is 14.8 Å². The van der Waals surface area contributed by atoms with Crippen molar-refractivity contribution >= 4 is 35.8 Å². The average Bonchev–Trinajstić information content (AvgIpc) is 3.31. The number of hydrogen-bond donors (Lipinski definition) is 1. The molecule has 1 aliphatic rings. The fraction of sp³-hybridized carbons (Fsp3) is 0.333. The van der Waals surface area contributed by atoms with Crippen molar-refractivity contribution in [1.29, 1.82) is 0 Å². The van der Waals surface area contributed by atoms with Gasteiger partial charge in [-0.3, -0.25) is 0 Å². The highest BCUT2D eigenvalue weighted by Gasteiger charge is 2.45. The quantitative estimate of drug-likeness (QED) is 0.451. The zero-order valence-electron chi connectivity index (χ0n) is 16.3. The molecule has 6 nitrogen and oxygen atoms in total. The maximum atomic E-state index is 6.67. The van der Waals surface area contributed by atoms with Crippen LogP contribution in [0.5, 0.6) is 11.5 Å². The summed E-state index contributed by atoms with van der Waals surface area (Å²) in [5, 5.41) is 5.81. The van der Waals surface area contributed by atoms with E-state index >= 15 is 0 Å². The Labute approximate surface area is 190 Å². The molecule has 1 fully saturated rings. The third-order valence-corrected chi connectivity index (χ3v) is 5.73. The molecule has 0 N–H and O–H groups in total. The molecule has 0 amide bonds. The second-order valence-electron chi connectivity index (χ2n) is 7.01. The van der Waals surface area contributed by atoms with E-state index in [1.807, 2.05) is 12.1 Å². The SMILES string of the molecule is CCCC1COC(Cn2ncnc2S)(c2ccc(Oc3ccc(Cl)cc3)cc2Cl)O1. The lowest BCUT2D eigenvalue weighted by atomic mass is 10.1. The van der Waals surface area contributed by atoms with Gasteiger partial charge in [0.2, 0.25) is 5.79 Å². The molecular formula is C21H21Cl2N3O3S. The zero-order chi connectivity index (χ0) is 21.1. The van der Waals surface area contributed by atoms with E-state index in [0.29, 0.717) is 38.9 Å². The summed E-state index contributed by atoms with van der Waals surface area (Å²) >= 11 is 17.0. The largest absolute Gasteiger partial charge is 0.457 e. The topological polar surface area (TPSA) is 58.4 Å². The number of hydrogen-bond acceptors (Lipinski definition) is 6. The molecule has 158 valence electrons. The number of benzene rings is 2. The Morgan fingerprint density at radius 3 is 2.63 bits per heavy atom. The van der Waals surface area contributed by atoms with Crippen LogP contribution in [0.2, 0.25) is 10.0 Å². The summed E-state index contributed by atoms with van der Waals surface area (Å²) < 4.78 is 20.1. The van der Waals surface area contributed by atoms with Crippen molar-refractivity contribution < 1.29 is 14.2 Å². The number of aromatic nitrogens is 3. The first-order valence-corrected chi connectivity index (χ1v) is 10.8. The molecule has 1 aromatic heterocycles. The van der Waals surface area contributed by atoms with Crippen LogP contribution in [0, 0.1) is 0 Å². The highest BCUT2D eigenvalue weighted by Crippen LogP contribution is 2.42. The van der Waals surface area contributed by atoms with Crippen LogP contribution >= 0.6 is 35.8 Å². The highest BCUT2D eigenvalue weighted by atomic mass is 35.5. The third kappa shape index (κ3) is 4.60. The van der Waals surface area contributed by atoms with Crippen LogP contribution in [0.25, 0.3) is 0 Å². The summed E-state index contributed by atoms with van der Waals surface area (Å²) in [5.41, 5.74) is 0.703. The van der Waals surface area contributed by atoms with Gasteiger partial charge in [-0.2, -0.15) is 5.10 Å². The molecule has 4 rings (SSSR count). The van der Waals surface area contributed by atoms with Gasteiger partial charge >= 0.3 is 0 Å². The Kier molecular flexibility index (Phi) is 6.55. The lowest BCUT2D eigenvalue weighted by molar-refractivity contribution is -0.190. The van der Waals surface area contributed by atoms with Crippen molar-refractivity contribution in [2.45, 2.75) is 43.4 Å². The van der Waals surface area contributed by atoms with E-state index in [1.165, 1.54) is 6.33 Å². The number of rotatable bonds is 7. The Hall–Kier alpha value is -1.77. The van der Waals surface area contributed by atoms with Crippen molar-refractivity contribution in [2.75, 3.05) is 6.61 Å². The Balaban J connectivity index is 1.63. The first-order valence-electron chi connectivity index (χ1n) is 9.61. The monoisotopic (exact) mass is 465 g/mol. The Morgan fingerprint density at radius 1 is 1.20 bits per heavy atom. The van der Waals surface area contributed by atoms with Crippen molar-refractivity contribution in [3.05, 3.63) is 64.4 Å². The molecule has 0 radical (unpaired) electrons. The molecule has 2 atom stereocenters. The molecule has 1 aliphatic heterocycles. The molecule has 1 saturated heterocycles. The predicted molar refractivity (Wildman–Crippen MR) is 118 cm³/mol. The van der Waals surface area contributed by atoms with E-state index in [4.69, 9.17) is 37.4 Å². The summed E-state index contributed by atoms with van der Waals surface area (Å²) in [4.78, 5) is 4.07. The summed E-state index contributed by atoms with van der Waals surface area (Å²) in [7, 11) is 0. The van der Waals surface area contributed by atoms with Crippen LogP contribution in [0.3, 0.4) is 0 Å². The second-order valence-corrected chi connectivity index (χ2v) is 8.25. The van der Waals surface area contributed by atoms with Crippen LogP contribution in [-0.4, -0.2) is 27.5 Å². The number of nitrogens with zero attached hydrogens (tertiary/aromatic N) is 3. The maximum absolute atomic E-state index is 6.67. The smallest absolute Gasteiger partial charge is 0.217 e. The van der Waals surface area contributed by atoms with Gasteiger partial charge in [-0.25, -0.2) is 9.67 Å². The van der Waals surface area contributed by atoms with Crippen LogP contribution in [0.4, 0.5) is 0 Å². The van der Waals surface area contributed by atoms with Gasteiger partial charge < -0.3 is 14.2 Å². The van der Waals surface area contributed by atoms with Crippen molar-refractivity contribution in [3.8, 4) is 11.5 Å². The third-order valence-electron chi connectivity index (χ3n) is 4.82. The molecule has 2 aromatic carbocycles. The lowest BCUT2D eigenvalue weighted by Gasteiger charge is -2.29. The predicted octanol–water partition coefficient (Wildman–Crippen LogP) is 5.73. The fourth-order valence-corrected chi connectivity index (χ4v) is 4.03. The molecule has 2 heterocycles. The normalized spacial score (nSPS) is 21.1. The fourth-order valence-electron chi connectivity index (χ4n) is 3.41. The first-order chi connectivity index (χ1) is 14.5. The van der Waals surface area contributed by atoms with Gasteiger partial charge in [0.1, 0.15) is 24.4 Å². The van der Waals surface area contributed by atoms with Gasteiger partial charge in [-0.1, -0.05) is 36.5 Å². The van der Waals surface area contributed by atoms with Gasteiger partial charge in [0.25, 0.3) is 0 Å². The van der Waals surface area contributed by atoms with Gasteiger partial charge in [-0.15, -0.1) is 12.6 Å². The minimum Gasteiger partial charge on any atom is -0.457 e. The maximum Gasteiger partial charge on any atom is 0.217 e. The van der Waals surface area contributed by atoms with E-state index in [0.717, 1.165) is 12.8 Å². The summed E-state index contributed by atoms with van der Waals surface area (Å²) in [6, 6.07) is 12.6. The minimum atomic E-state index is -1.08. The number of thiol groups is 1. The summed E-state index contributed by atoms with van der Waals surface area (Å²) in [6.07, 6.45) is 3.30. The van der Waals surface area contributed by atoms with Crippen LogP contribution in [-0.2, 0) is 21.8 Å². The van der Waals surface area contributed by atoms with Gasteiger partial charge in [0.05, 0.1) is 17.7 Å². The molecule has 30 heavy (non-hydrogen) atoms. The molecule has 0 saturated carbocycles. The molecule has 0 aliphatic carbocycles.